The average molecular weight is 466 g/mol. The van der Waals surface area contributed by atoms with Crippen LogP contribution in [0.2, 0.25) is 0 Å². The van der Waals surface area contributed by atoms with Gasteiger partial charge in [-0.15, -0.1) is 0 Å². The van der Waals surface area contributed by atoms with E-state index in [9.17, 15) is 18.0 Å². The third-order valence-corrected chi connectivity index (χ3v) is 5.29. The van der Waals surface area contributed by atoms with E-state index in [2.05, 4.69) is 26.1 Å². The van der Waals surface area contributed by atoms with E-state index in [0.29, 0.717) is 17.8 Å². The summed E-state index contributed by atoms with van der Waals surface area (Å²) in [4.78, 5) is 18.3. The van der Waals surface area contributed by atoms with Gasteiger partial charge < -0.3 is 9.42 Å². The Morgan fingerprint density at radius 3 is 2.66 bits per heavy atom. The molecule has 9 heteroatoms. The normalized spacial score (nSPS) is 17.2. The lowest BCUT2D eigenvalue weighted by Gasteiger charge is -2.22. The van der Waals surface area contributed by atoms with Gasteiger partial charge in [-0.05, 0) is 48.4 Å². The third-order valence-electron chi connectivity index (χ3n) is 4.76. The molecule has 0 saturated carbocycles. The molecule has 1 aliphatic heterocycles. The predicted molar refractivity (Wildman–Crippen MR) is 101 cm³/mol. The lowest BCUT2D eigenvalue weighted by Crippen LogP contribution is -2.27. The zero-order valence-corrected chi connectivity index (χ0v) is 16.6. The number of amides is 1. The molecule has 150 valence electrons. The number of hydrogen-bond acceptors (Lipinski definition) is 4. The highest BCUT2D eigenvalue weighted by atomic mass is 79.9. The summed E-state index contributed by atoms with van der Waals surface area (Å²) in [5, 5.41) is 3.99. The van der Waals surface area contributed by atoms with Gasteiger partial charge in [-0.1, -0.05) is 33.2 Å². The maximum Gasteiger partial charge on any atom is 0.416 e. The number of halogens is 4. The number of rotatable bonds is 4. The van der Waals surface area contributed by atoms with Gasteiger partial charge in [-0.2, -0.15) is 18.2 Å². The van der Waals surface area contributed by atoms with Gasteiger partial charge in [-0.3, -0.25) is 4.79 Å². The number of likely N-dealkylation sites (tertiary alicyclic amines) is 1. The molecular weight excluding hydrogens is 451 g/mol. The topological polar surface area (TPSA) is 59.2 Å². The van der Waals surface area contributed by atoms with Gasteiger partial charge in [0.05, 0.1) is 5.56 Å². The summed E-state index contributed by atoms with van der Waals surface area (Å²) >= 11 is 3.36. The van der Waals surface area contributed by atoms with Gasteiger partial charge in [0, 0.05) is 23.0 Å². The van der Waals surface area contributed by atoms with Crippen LogP contribution in [-0.4, -0.2) is 20.9 Å². The predicted octanol–water partition coefficient (Wildman–Crippen LogP) is 5.38. The first kappa shape index (κ1) is 19.6. The summed E-state index contributed by atoms with van der Waals surface area (Å²) in [5.74, 6) is 0.516. The SMILES string of the molecule is O=C1CCC(c2nc(-c3ccc(Br)cc3)no2)N1Cc1cccc(C(F)(F)F)c1. The molecule has 0 N–H and O–H groups in total. The van der Waals surface area contributed by atoms with E-state index in [1.54, 1.807) is 6.07 Å². The Hall–Kier alpha value is -2.68. The Kier molecular flexibility index (Phi) is 5.16. The molecule has 1 aromatic heterocycles. The fraction of sp³-hybridized carbons (Fsp3) is 0.250. The number of carbonyl (C=O) groups excluding carboxylic acids is 1. The maximum atomic E-state index is 13.0. The first-order chi connectivity index (χ1) is 13.8. The Balaban J connectivity index is 1.57. The summed E-state index contributed by atoms with van der Waals surface area (Å²) < 4.78 is 45.2. The van der Waals surface area contributed by atoms with E-state index in [1.807, 2.05) is 24.3 Å². The van der Waals surface area contributed by atoms with Crippen LogP contribution >= 0.6 is 15.9 Å². The molecule has 1 atom stereocenters. The van der Waals surface area contributed by atoms with Crippen molar-refractivity contribution in [3.8, 4) is 11.4 Å². The van der Waals surface area contributed by atoms with Crippen LogP contribution in [-0.2, 0) is 17.5 Å². The summed E-state index contributed by atoms with van der Waals surface area (Å²) in [6.45, 7) is 0.0451. The minimum atomic E-state index is -4.43. The molecule has 1 saturated heterocycles. The molecule has 1 aliphatic rings. The number of alkyl halides is 3. The monoisotopic (exact) mass is 465 g/mol. The molecule has 5 nitrogen and oxygen atoms in total. The van der Waals surface area contributed by atoms with Crippen LogP contribution in [0.25, 0.3) is 11.4 Å². The van der Waals surface area contributed by atoms with Gasteiger partial charge in [0.15, 0.2) is 0 Å². The molecule has 2 heterocycles. The minimum absolute atomic E-state index is 0.0451. The van der Waals surface area contributed by atoms with Crippen molar-refractivity contribution in [2.24, 2.45) is 0 Å². The van der Waals surface area contributed by atoms with E-state index >= 15 is 0 Å². The molecule has 4 rings (SSSR count). The molecule has 0 radical (unpaired) electrons. The van der Waals surface area contributed by atoms with Crippen molar-refractivity contribution in [2.75, 3.05) is 0 Å². The van der Waals surface area contributed by atoms with E-state index in [1.165, 1.54) is 11.0 Å². The fourth-order valence-electron chi connectivity index (χ4n) is 3.32. The molecule has 0 bridgehead atoms. The molecule has 0 aliphatic carbocycles. The molecule has 1 amide bonds. The molecule has 2 aromatic carbocycles. The van der Waals surface area contributed by atoms with Crippen molar-refractivity contribution in [1.29, 1.82) is 0 Å². The van der Waals surface area contributed by atoms with Gasteiger partial charge in [0.2, 0.25) is 17.6 Å². The number of benzene rings is 2. The number of carbonyl (C=O) groups is 1. The standard InChI is InChI=1S/C20H15BrF3N3O2/c21-15-6-4-13(5-7-15)18-25-19(29-26-18)16-8-9-17(28)27(16)11-12-2-1-3-14(10-12)20(22,23)24/h1-7,10,16H,8-9,11H2. The van der Waals surface area contributed by atoms with Crippen molar-refractivity contribution in [3.05, 3.63) is 70.0 Å². The molecule has 1 unspecified atom stereocenters. The summed E-state index contributed by atoms with van der Waals surface area (Å²) in [6, 6.07) is 11.9. The highest BCUT2D eigenvalue weighted by Crippen LogP contribution is 2.35. The van der Waals surface area contributed by atoms with Crippen LogP contribution in [0, 0.1) is 0 Å². The molecule has 3 aromatic rings. The van der Waals surface area contributed by atoms with Crippen LogP contribution < -0.4 is 0 Å². The second-order valence-corrected chi connectivity index (χ2v) is 7.65. The first-order valence-electron chi connectivity index (χ1n) is 8.86. The van der Waals surface area contributed by atoms with Crippen molar-refractivity contribution in [3.63, 3.8) is 0 Å². The van der Waals surface area contributed by atoms with Crippen molar-refractivity contribution in [2.45, 2.75) is 31.6 Å². The lowest BCUT2D eigenvalue weighted by molar-refractivity contribution is -0.137. The summed E-state index contributed by atoms with van der Waals surface area (Å²) in [5.41, 5.74) is 0.415. The van der Waals surface area contributed by atoms with E-state index in [-0.39, 0.29) is 24.8 Å². The van der Waals surface area contributed by atoms with Crippen molar-refractivity contribution >= 4 is 21.8 Å². The second kappa shape index (κ2) is 7.62. The van der Waals surface area contributed by atoms with Crippen molar-refractivity contribution in [1.82, 2.24) is 15.0 Å². The van der Waals surface area contributed by atoms with Gasteiger partial charge in [-0.25, -0.2) is 0 Å². The maximum absolute atomic E-state index is 13.0. The summed E-state index contributed by atoms with van der Waals surface area (Å²) in [6.07, 6.45) is -3.68. The van der Waals surface area contributed by atoms with Gasteiger partial charge in [0.25, 0.3) is 0 Å². The van der Waals surface area contributed by atoms with Crippen LogP contribution in [0.15, 0.2) is 57.5 Å². The minimum Gasteiger partial charge on any atom is -0.337 e. The van der Waals surface area contributed by atoms with Crippen LogP contribution in [0.3, 0.4) is 0 Å². The lowest BCUT2D eigenvalue weighted by atomic mass is 10.1. The first-order valence-corrected chi connectivity index (χ1v) is 9.66. The smallest absolute Gasteiger partial charge is 0.337 e. The largest absolute Gasteiger partial charge is 0.416 e. The van der Waals surface area contributed by atoms with E-state index in [0.717, 1.165) is 22.2 Å². The quantitative estimate of drug-likeness (QED) is 0.518. The van der Waals surface area contributed by atoms with Crippen LogP contribution in [0.1, 0.15) is 35.9 Å². The number of hydrogen-bond donors (Lipinski definition) is 0. The summed E-state index contributed by atoms with van der Waals surface area (Å²) in [7, 11) is 0. The Morgan fingerprint density at radius 1 is 1.17 bits per heavy atom. The highest BCUT2D eigenvalue weighted by molar-refractivity contribution is 9.10. The van der Waals surface area contributed by atoms with Gasteiger partial charge >= 0.3 is 6.18 Å². The number of aromatic nitrogens is 2. The van der Waals surface area contributed by atoms with Crippen LogP contribution in [0.5, 0.6) is 0 Å². The zero-order chi connectivity index (χ0) is 20.6. The Labute approximate surface area is 172 Å². The van der Waals surface area contributed by atoms with Crippen LogP contribution in [0.4, 0.5) is 13.2 Å². The Morgan fingerprint density at radius 2 is 1.93 bits per heavy atom. The molecule has 1 fully saturated rings. The number of nitrogens with zero attached hydrogens (tertiary/aromatic N) is 3. The Bertz CT molecular complexity index is 1030. The fourth-order valence-corrected chi connectivity index (χ4v) is 3.58. The molecule has 0 spiro atoms. The van der Waals surface area contributed by atoms with Gasteiger partial charge in [0.1, 0.15) is 6.04 Å². The third kappa shape index (κ3) is 4.19. The van der Waals surface area contributed by atoms with E-state index < -0.39 is 17.8 Å². The average Bonchev–Trinajstić information content (AvgIpc) is 3.30. The molecular formula is C20H15BrF3N3O2. The molecule has 29 heavy (non-hydrogen) atoms. The highest BCUT2D eigenvalue weighted by Gasteiger charge is 2.36. The van der Waals surface area contributed by atoms with Crippen molar-refractivity contribution < 1.29 is 22.5 Å². The second-order valence-electron chi connectivity index (χ2n) is 6.74. The van der Waals surface area contributed by atoms with E-state index in [4.69, 9.17) is 4.52 Å². The zero-order valence-electron chi connectivity index (χ0n) is 15.0.